The summed E-state index contributed by atoms with van der Waals surface area (Å²) in [6.45, 7) is 10.0. The number of ether oxygens (including phenoxy) is 1. The lowest BCUT2D eigenvalue weighted by molar-refractivity contribution is 0.0513. The van der Waals surface area contributed by atoms with Gasteiger partial charge in [-0.15, -0.1) is 0 Å². The van der Waals surface area contributed by atoms with Crippen LogP contribution in [0.5, 0.6) is 5.75 Å². The molecule has 0 unspecified atom stereocenters. The molecule has 5 nitrogen and oxygen atoms in total. The third kappa shape index (κ3) is 6.76. The standard InChI is InChI=1S/C16H25FN2O3/c1-15(2,3)22-14(21)18-10-16(4,5)19-9-11-6-7-13(20)12(17)8-11/h6-8,19-20H,9-10H2,1-5H3,(H,18,21). The van der Waals surface area contributed by atoms with Gasteiger partial charge in [-0.3, -0.25) is 0 Å². The van der Waals surface area contributed by atoms with Crippen LogP contribution in [0.1, 0.15) is 40.2 Å². The molecule has 0 aliphatic rings. The molecular weight excluding hydrogens is 287 g/mol. The number of halogens is 1. The zero-order valence-corrected chi connectivity index (χ0v) is 13.8. The molecule has 0 bridgehead atoms. The molecule has 0 saturated carbocycles. The van der Waals surface area contributed by atoms with Gasteiger partial charge in [0.25, 0.3) is 0 Å². The summed E-state index contributed by atoms with van der Waals surface area (Å²) in [6, 6.07) is 4.24. The maximum absolute atomic E-state index is 13.3. The number of hydrogen-bond donors (Lipinski definition) is 3. The van der Waals surface area contributed by atoms with Crippen LogP contribution in [0.4, 0.5) is 9.18 Å². The van der Waals surface area contributed by atoms with Crippen LogP contribution < -0.4 is 10.6 Å². The summed E-state index contributed by atoms with van der Waals surface area (Å²) >= 11 is 0. The number of phenolic OH excluding ortho intramolecular Hbond substituents is 1. The average molecular weight is 312 g/mol. The van der Waals surface area contributed by atoms with E-state index in [1.165, 1.54) is 12.1 Å². The van der Waals surface area contributed by atoms with Gasteiger partial charge in [0, 0.05) is 18.6 Å². The van der Waals surface area contributed by atoms with Crippen LogP contribution in [-0.2, 0) is 11.3 Å². The van der Waals surface area contributed by atoms with Crippen LogP contribution in [-0.4, -0.2) is 28.9 Å². The Morgan fingerprint density at radius 2 is 1.91 bits per heavy atom. The predicted molar refractivity (Wildman–Crippen MR) is 83.2 cm³/mol. The topological polar surface area (TPSA) is 70.6 Å². The number of phenols is 1. The molecule has 124 valence electrons. The third-order valence-corrected chi connectivity index (χ3v) is 2.86. The monoisotopic (exact) mass is 312 g/mol. The average Bonchev–Trinajstić information content (AvgIpc) is 2.36. The quantitative estimate of drug-likeness (QED) is 0.782. The van der Waals surface area contributed by atoms with Crippen LogP contribution in [0.2, 0.25) is 0 Å². The van der Waals surface area contributed by atoms with Crippen molar-refractivity contribution in [3.05, 3.63) is 29.6 Å². The van der Waals surface area contributed by atoms with E-state index in [0.717, 1.165) is 0 Å². The van der Waals surface area contributed by atoms with Crippen molar-refractivity contribution >= 4 is 6.09 Å². The fourth-order valence-electron chi connectivity index (χ4n) is 1.67. The Morgan fingerprint density at radius 1 is 1.27 bits per heavy atom. The SMILES string of the molecule is CC(C)(CNC(=O)OC(C)(C)C)NCc1ccc(O)c(F)c1. The molecule has 0 spiro atoms. The van der Waals surface area contributed by atoms with Crippen LogP contribution in [0.15, 0.2) is 18.2 Å². The van der Waals surface area contributed by atoms with Gasteiger partial charge in [-0.2, -0.15) is 0 Å². The minimum absolute atomic E-state index is 0.364. The summed E-state index contributed by atoms with van der Waals surface area (Å²) in [6.07, 6.45) is -0.474. The predicted octanol–water partition coefficient (Wildman–Crippen LogP) is 2.92. The van der Waals surface area contributed by atoms with Crippen molar-refractivity contribution in [3.63, 3.8) is 0 Å². The lowest BCUT2D eigenvalue weighted by Crippen LogP contribution is -2.49. The first-order valence-electron chi connectivity index (χ1n) is 7.18. The summed E-state index contributed by atoms with van der Waals surface area (Å²) in [4.78, 5) is 11.6. The van der Waals surface area contributed by atoms with Crippen LogP contribution >= 0.6 is 0 Å². The van der Waals surface area contributed by atoms with Crippen molar-refractivity contribution in [2.24, 2.45) is 0 Å². The van der Waals surface area contributed by atoms with Gasteiger partial charge in [0.15, 0.2) is 11.6 Å². The largest absolute Gasteiger partial charge is 0.505 e. The zero-order valence-electron chi connectivity index (χ0n) is 13.8. The van der Waals surface area contributed by atoms with E-state index in [4.69, 9.17) is 9.84 Å². The van der Waals surface area contributed by atoms with Crippen molar-refractivity contribution in [3.8, 4) is 5.75 Å². The summed E-state index contributed by atoms with van der Waals surface area (Å²) in [5, 5.41) is 15.1. The molecule has 1 aromatic carbocycles. The first kappa shape index (κ1) is 18.2. The van der Waals surface area contributed by atoms with E-state index in [9.17, 15) is 9.18 Å². The number of aromatic hydroxyl groups is 1. The first-order valence-corrected chi connectivity index (χ1v) is 7.18. The lowest BCUT2D eigenvalue weighted by atomic mass is 10.0. The van der Waals surface area contributed by atoms with E-state index < -0.39 is 23.1 Å². The van der Waals surface area contributed by atoms with Gasteiger partial charge in [-0.05, 0) is 52.3 Å². The highest BCUT2D eigenvalue weighted by atomic mass is 19.1. The van der Waals surface area contributed by atoms with E-state index in [-0.39, 0.29) is 5.75 Å². The second-order valence-corrected chi connectivity index (χ2v) is 6.88. The summed E-state index contributed by atoms with van der Waals surface area (Å²) in [5.41, 5.74) is -0.225. The molecule has 0 aromatic heterocycles. The van der Waals surface area contributed by atoms with Crippen molar-refractivity contribution in [2.45, 2.75) is 52.3 Å². The van der Waals surface area contributed by atoms with Gasteiger partial charge in [-0.1, -0.05) is 6.07 Å². The lowest BCUT2D eigenvalue weighted by Gasteiger charge is -2.28. The van der Waals surface area contributed by atoms with E-state index in [2.05, 4.69) is 10.6 Å². The molecule has 22 heavy (non-hydrogen) atoms. The zero-order chi connectivity index (χ0) is 17.0. The fraction of sp³-hybridized carbons (Fsp3) is 0.562. The van der Waals surface area contributed by atoms with E-state index in [1.807, 2.05) is 13.8 Å². The van der Waals surface area contributed by atoms with Gasteiger partial charge in [0.2, 0.25) is 0 Å². The molecule has 0 aliphatic heterocycles. The fourth-order valence-corrected chi connectivity index (χ4v) is 1.67. The molecule has 6 heteroatoms. The van der Waals surface area contributed by atoms with Crippen molar-refractivity contribution in [1.29, 1.82) is 0 Å². The van der Waals surface area contributed by atoms with E-state index in [1.54, 1.807) is 26.8 Å². The second kappa shape index (κ2) is 6.96. The molecule has 0 atom stereocenters. The Kier molecular flexibility index (Phi) is 5.77. The molecule has 0 saturated heterocycles. The maximum atomic E-state index is 13.3. The number of alkyl carbamates (subject to hydrolysis) is 1. The maximum Gasteiger partial charge on any atom is 0.407 e. The van der Waals surface area contributed by atoms with Crippen LogP contribution in [0.25, 0.3) is 0 Å². The van der Waals surface area contributed by atoms with Gasteiger partial charge < -0.3 is 20.5 Å². The number of amides is 1. The molecular formula is C16H25FN2O3. The van der Waals surface area contributed by atoms with E-state index in [0.29, 0.717) is 18.7 Å². The van der Waals surface area contributed by atoms with Crippen molar-refractivity contribution < 1.29 is 19.0 Å². The smallest absolute Gasteiger partial charge is 0.407 e. The van der Waals surface area contributed by atoms with E-state index >= 15 is 0 Å². The number of hydrogen-bond acceptors (Lipinski definition) is 4. The second-order valence-electron chi connectivity index (χ2n) is 6.88. The molecule has 0 aliphatic carbocycles. The minimum Gasteiger partial charge on any atom is -0.505 e. The van der Waals surface area contributed by atoms with Gasteiger partial charge in [-0.25, -0.2) is 9.18 Å². The summed E-state index contributed by atoms with van der Waals surface area (Å²) in [5.74, 6) is -1.02. The number of carbonyl (C=O) groups excluding carboxylic acids is 1. The highest BCUT2D eigenvalue weighted by Crippen LogP contribution is 2.16. The summed E-state index contributed by atoms with van der Waals surface area (Å²) < 4.78 is 18.4. The number of rotatable bonds is 5. The Morgan fingerprint density at radius 3 is 2.45 bits per heavy atom. The molecule has 3 N–H and O–H groups in total. The highest BCUT2D eigenvalue weighted by molar-refractivity contribution is 5.67. The van der Waals surface area contributed by atoms with Gasteiger partial charge in [0.05, 0.1) is 0 Å². The third-order valence-electron chi connectivity index (χ3n) is 2.86. The number of carbonyl (C=O) groups is 1. The minimum atomic E-state index is -0.649. The molecule has 1 rings (SSSR count). The Bertz CT molecular complexity index is 525. The molecule has 0 radical (unpaired) electrons. The highest BCUT2D eigenvalue weighted by Gasteiger charge is 2.21. The Labute approximate surface area is 130 Å². The van der Waals surface area contributed by atoms with Gasteiger partial charge in [0.1, 0.15) is 5.60 Å². The first-order chi connectivity index (χ1) is 9.98. The Balaban J connectivity index is 2.46. The Hall–Kier alpha value is -1.82. The van der Waals surface area contributed by atoms with Crippen molar-refractivity contribution in [1.82, 2.24) is 10.6 Å². The molecule has 1 aromatic rings. The molecule has 1 amide bonds. The summed E-state index contributed by atoms with van der Waals surface area (Å²) in [7, 11) is 0. The number of benzene rings is 1. The van der Waals surface area contributed by atoms with Crippen LogP contribution in [0.3, 0.4) is 0 Å². The normalized spacial score (nSPS) is 12.1. The van der Waals surface area contributed by atoms with Crippen molar-refractivity contribution in [2.75, 3.05) is 6.54 Å². The molecule has 0 fully saturated rings. The number of nitrogens with one attached hydrogen (secondary N) is 2. The van der Waals surface area contributed by atoms with Crippen LogP contribution in [0, 0.1) is 5.82 Å². The van der Waals surface area contributed by atoms with Gasteiger partial charge >= 0.3 is 6.09 Å². The molecule has 0 heterocycles.